The highest BCUT2D eigenvalue weighted by molar-refractivity contribution is 5.71. The van der Waals surface area contributed by atoms with E-state index in [0.717, 1.165) is 59.3 Å². The molecular formula is C30H33N3O2. The SMILES string of the molecule is COc1ccc(-c2cc(-c3cccc(OCCCN4CCCCC4)c3)n(-c3ccccc3)n2)cc1. The van der Waals surface area contributed by atoms with Crippen molar-refractivity contribution in [3.63, 3.8) is 0 Å². The number of likely N-dealkylation sites (tertiary alicyclic amines) is 1. The highest BCUT2D eigenvalue weighted by Gasteiger charge is 2.14. The Morgan fingerprint density at radius 3 is 2.34 bits per heavy atom. The zero-order chi connectivity index (χ0) is 23.9. The Morgan fingerprint density at radius 2 is 1.57 bits per heavy atom. The number of hydrogen-bond donors (Lipinski definition) is 0. The average Bonchev–Trinajstić information content (AvgIpc) is 3.38. The maximum absolute atomic E-state index is 6.15. The maximum Gasteiger partial charge on any atom is 0.119 e. The smallest absolute Gasteiger partial charge is 0.119 e. The third kappa shape index (κ3) is 5.75. The van der Waals surface area contributed by atoms with Crippen molar-refractivity contribution in [2.45, 2.75) is 25.7 Å². The summed E-state index contributed by atoms with van der Waals surface area (Å²) >= 11 is 0. The van der Waals surface area contributed by atoms with Gasteiger partial charge in [-0.2, -0.15) is 5.10 Å². The van der Waals surface area contributed by atoms with Gasteiger partial charge in [0.05, 0.1) is 30.8 Å². The standard InChI is InChI=1S/C30H33N3O2/c1-34-27-16-14-24(15-17-27)29-23-30(33(31-29)26-11-4-2-5-12-26)25-10-8-13-28(22-25)35-21-9-20-32-18-6-3-7-19-32/h2,4-5,8,10-17,22-23H,3,6-7,9,18-21H2,1H3. The fourth-order valence-electron chi connectivity index (χ4n) is 4.66. The van der Waals surface area contributed by atoms with E-state index in [9.17, 15) is 0 Å². The molecule has 180 valence electrons. The van der Waals surface area contributed by atoms with Crippen LogP contribution in [-0.2, 0) is 0 Å². The molecule has 0 N–H and O–H groups in total. The van der Waals surface area contributed by atoms with E-state index in [0.29, 0.717) is 0 Å². The van der Waals surface area contributed by atoms with Gasteiger partial charge in [0.1, 0.15) is 11.5 Å². The first-order chi connectivity index (χ1) is 17.3. The fourth-order valence-corrected chi connectivity index (χ4v) is 4.66. The summed E-state index contributed by atoms with van der Waals surface area (Å²) in [7, 11) is 1.68. The van der Waals surface area contributed by atoms with Crippen LogP contribution in [0.15, 0.2) is 84.9 Å². The van der Waals surface area contributed by atoms with E-state index in [1.807, 2.05) is 53.2 Å². The minimum atomic E-state index is 0.731. The molecule has 1 aromatic heterocycles. The van der Waals surface area contributed by atoms with Crippen molar-refractivity contribution in [2.24, 2.45) is 0 Å². The molecule has 5 nitrogen and oxygen atoms in total. The molecule has 2 heterocycles. The van der Waals surface area contributed by atoms with Gasteiger partial charge in [-0.25, -0.2) is 4.68 Å². The number of piperidine rings is 1. The second-order valence-electron chi connectivity index (χ2n) is 9.02. The Balaban J connectivity index is 1.37. The summed E-state index contributed by atoms with van der Waals surface area (Å²) in [5, 5.41) is 4.97. The molecule has 0 amide bonds. The number of methoxy groups -OCH3 is 1. The van der Waals surface area contributed by atoms with Crippen LogP contribution in [-0.4, -0.2) is 48.0 Å². The molecule has 0 unspecified atom stereocenters. The molecule has 1 saturated heterocycles. The molecule has 0 radical (unpaired) electrons. The van der Waals surface area contributed by atoms with Gasteiger partial charge in [0, 0.05) is 17.7 Å². The van der Waals surface area contributed by atoms with Crippen LogP contribution in [0.5, 0.6) is 11.5 Å². The summed E-state index contributed by atoms with van der Waals surface area (Å²) in [5.74, 6) is 1.73. The van der Waals surface area contributed by atoms with Crippen molar-refractivity contribution >= 4 is 0 Å². The monoisotopic (exact) mass is 467 g/mol. The second kappa shape index (κ2) is 11.2. The largest absolute Gasteiger partial charge is 0.497 e. The number of benzene rings is 3. The minimum Gasteiger partial charge on any atom is -0.497 e. The van der Waals surface area contributed by atoms with E-state index in [-0.39, 0.29) is 0 Å². The summed E-state index contributed by atoms with van der Waals surface area (Å²) in [6.45, 7) is 4.31. The van der Waals surface area contributed by atoms with Gasteiger partial charge in [0.2, 0.25) is 0 Å². The minimum absolute atomic E-state index is 0.731. The molecule has 5 heteroatoms. The van der Waals surface area contributed by atoms with Crippen molar-refractivity contribution in [2.75, 3.05) is 33.4 Å². The molecule has 0 aliphatic carbocycles. The molecule has 35 heavy (non-hydrogen) atoms. The average molecular weight is 468 g/mol. The lowest BCUT2D eigenvalue weighted by atomic mass is 10.1. The van der Waals surface area contributed by atoms with E-state index < -0.39 is 0 Å². The van der Waals surface area contributed by atoms with Gasteiger partial charge in [-0.05, 0) is 86.9 Å². The molecule has 1 aliphatic heterocycles. The predicted octanol–water partition coefficient (Wildman–Crippen LogP) is 6.47. The molecule has 0 bridgehead atoms. The van der Waals surface area contributed by atoms with Gasteiger partial charge in [0.15, 0.2) is 0 Å². The maximum atomic E-state index is 6.15. The van der Waals surface area contributed by atoms with E-state index in [1.165, 1.54) is 32.4 Å². The zero-order valence-electron chi connectivity index (χ0n) is 20.4. The van der Waals surface area contributed by atoms with Crippen LogP contribution < -0.4 is 9.47 Å². The number of rotatable bonds is 9. The molecule has 1 fully saturated rings. The van der Waals surface area contributed by atoms with E-state index in [2.05, 4.69) is 41.3 Å². The van der Waals surface area contributed by atoms with Crippen molar-refractivity contribution in [1.29, 1.82) is 0 Å². The van der Waals surface area contributed by atoms with Crippen molar-refractivity contribution < 1.29 is 9.47 Å². The van der Waals surface area contributed by atoms with Gasteiger partial charge in [0.25, 0.3) is 0 Å². The lowest BCUT2D eigenvalue weighted by molar-refractivity contribution is 0.205. The van der Waals surface area contributed by atoms with Crippen LogP contribution in [0.4, 0.5) is 0 Å². The predicted molar refractivity (Wildman–Crippen MR) is 141 cm³/mol. The number of nitrogens with zero attached hydrogens (tertiary/aromatic N) is 3. The quantitative estimate of drug-likeness (QED) is 0.265. The number of aromatic nitrogens is 2. The Bertz CT molecular complexity index is 1210. The fraction of sp³-hybridized carbons (Fsp3) is 0.300. The second-order valence-corrected chi connectivity index (χ2v) is 9.02. The number of hydrogen-bond acceptors (Lipinski definition) is 4. The Labute approximate surface area is 207 Å². The summed E-state index contributed by atoms with van der Waals surface area (Å²) in [6.07, 6.45) is 5.08. The van der Waals surface area contributed by atoms with Gasteiger partial charge in [-0.15, -0.1) is 0 Å². The Kier molecular flexibility index (Phi) is 7.44. The summed E-state index contributed by atoms with van der Waals surface area (Å²) in [5.41, 5.74) is 5.09. The Morgan fingerprint density at radius 1 is 0.771 bits per heavy atom. The van der Waals surface area contributed by atoms with E-state index in [1.54, 1.807) is 7.11 Å². The van der Waals surface area contributed by atoms with Crippen LogP contribution in [0.25, 0.3) is 28.2 Å². The van der Waals surface area contributed by atoms with Crippen LogP contribution in [0.2, 0.25) is 0 Å². The lowest BCUT2D eigenvalue weighted by Gasteiger charge is -2.26. The van der Waals surface area contributed by atoms with Crippen molar-refractivity contribution in [3.05, 3.63) is 84.9 Å². The molecule has 3 aromatic carbocycles. The molecule has 4 aromatic rings. The topological polar surface area (TPSA) is 39.5 Å². The summed E-state index contributed by atoms with van der Waals surface area (Å²) in [4.78, 5) is 2.56. The Hall–Kier alpha value is -3.57. The molecule has 1 aliphatic rings. The van der Waals surface area contributed by atoms with Gasteiger partial charge < -0.3 is 14.4 Å². The molecule has 0 saturated carbocycles. The molecule has 0 spiro atoms. The first-order valence-electron chi connectivity index (χ1n) is 12.6. The van der Waals surface area contributed by atoms with Crippen LogP contribution in [0.3, 0.4) is 0 Å². The van der Waals surface area contributed by atoms with Crippen LogP contribution >= 0.6 is 0 Å². The normalized spacial score (nSPS) is 14.1. The molecule has 0 atom stereocenters. The molecular weight excluding hydrogens is 434 g/mol. The molecule has 5 rings (SSSR count). The first-order valence-corrected chi connectivity index (χ1v) is 12.6. The van der Waals surface area contributed by atoms with E-state index in [4.69, 9.17) is 14.6 Å². The van der Waals surface area contributed by atoms with Gasteiger partial charge >= 0.3 is 0 Å². The van der Waals surface area contributed by atoms with Crippen molar-refractivity contribution in [3.8, 4) is 39.7 Å². The highest BCUT2D eigenvalue weighted by Crippen LogP contribution is 2.31. The van der Waals surface area contributed by atoms with Gasteiger partial charge in [-0.3, -0.25) is 0 Å². The van der Waals surface area contributed by atoms with Gasteiger partial charge in [-0.1, -0.05) is 36.8 Å². The highest BCUT2D eigenvalue weighted by atomic mass is 16.5. The number of para-hydroxylation sites is 1. The van der Waals surface area contributed by atoms with Crippen LogP contribution in [0.1, 0.15) is 25.7 Å². The zero-order valence-corrected chi connectivity index (χ0v) is 20.4. The van der Waals surface area contributed by atoms with Crippen molar-refractivity contribution in [1.82, 2.24) is 14.7 Å². The first kappa shape index (κ1) is 23.2. The number of ether oxygens (including phenoxy) is 2. The lowest BCUT2D eigenvalue weighted by Crippen LogP contribution is -2.31. The van der Waals surface area contributed by atoms with Crippen LogP contribution in [0, 0.1) is 0 Å². The third-order valence-electron chi connectivity index (χ3n) is 6.56. The third-order valence-corrected chi connectivity index (χ3v) is 6.56. The summed E-state index contributed by atoms with van der Waals surface area (Å²) in [6, 6.07) is 28.8. The van der Waals surface area contributed by atoms with E-state index >= 15 is 0 Å². The summed E-state index contributed by atoms with van der Waals surface area (Å²) < 4.78 is 13.5.